The van der Waals surface area contributed by atoms with Crippen LogP contribution in [0.4, 0.5) is 18.9 Å². The van der Waals surface area contributed by atoms with Crippen molar-refractivity contribution in [3.8, 4) is 5.75 Å². The molecule has 35 heavy (non-hydrogen) atoms. The highest BCUT2D eigenvalue weighted by Gasteiger charge is 2.30. The Morgan fingerprint density at radius 1 is 1.00 bits per heavy atom. The molecule has 6 nitrogen and oxygen atoms in total. The molecule has 0 radical (unpaired) electrons. The average Bonchev–Trinajstić information content (AvgIpc) is 3.43. The summed E-state index contributed by atoms with van der Waals surface area (Å²) < 4.78 is 44.4. The number of nitrogens with zero attached hydrogens (tertiary/aromatic N) is 1. The molecule has 0 bridgehead atoms. The van der Waals surface area contributed by atoms with E-state index in [-0.39, 0.29) is 5.56 Å². The summed E-state index contributed by atoms with van der Waals surface area (Å²) in [4.78, 5) is 29.5. The van der Waals surface area contributed by atoms with Gasteiger partial charge in [-0.1, -0.05) is 18.2 Å². The van der Waals surface area contributed by atoms with Crippen LogP contribution in [0.3, 0.4) is 0 Å². The van der Waals surface area contributed by atoms with Crippen molar-refractivity contribution in [2.24, 2.45) is 4.99 Å². The van der Waals surface area contributed by atoms with E-state index in [4.69, 9.17) is 4.74 Å². The number of hydrogen-bond acceptors (Lipinski definition) is 4. The highest BCUT2D eigenvalue weighted by Crippen LogP contribution is 2.43. The summed E-state index contributed by atoms with van der Waals surface area (Å²) in [6.45, 7) is 0.308. The smallest absolute Gasteiger partial charge is 0.416 e. The van der Waals surface area contributed by atoms with E-state index < -0.39 is 17.7 Å². The van der Waals surface area contributed by atoms with Gasteiger partial charge >= 0.3 is 12.1 Å². The van der Waals surface area contributed by atoms with Crippen LogP contribution in [-0.2, 0) is 11.0 Å². The van der Waals surface area contributed by atoms with Crippen LogP contribution >= 0.6 is 0 Å². The first-order valence-corrected chi connectivity index (χ1v) is 10.3. The van der Waals surface area contributed by atoms with Gasteiger partial charge in [-0.15, -0.1) is 0 Å². The number of hydrogen-bond donors (Lipinski definition) is 2. The van der Waals surface area contributed by atoms with E-state index >= 15 is 0 Å². The molecule has 2 heterocycles. The molecule has 0 saturated heterocycles. The Morgan fingerprint density at radius 2 is 1.74 bits per heavy atom. The summed E-state index contributed by atoms with van der Waals surface area (Å²) >= 11 is 0. The van der Waals surface area contributed by atoms with Gasteiger partial charge in [0.1, 0.15) is 5.75 Å². The van der Waals surface area contributed by atoms with Crippen molar-refractivity contribution in [1.82, 2.24) is 4.98 Å². The number of fused-ring (bicyclic) bond motifs is 2. The lowest BCUT2D eigenvalue weighted by Crippen LogP contribution is -2.04. The Hall–Kier alpha value is -4.66. The number of ether oxygens (including phenoxy) is 1. The second-order valence-corrected chi connectivity index (χ2v) is 7.78. The third-order valence-electron chi connectivity index (χ3n) is 5.74. The molecule has 4 aromatic rings. The molecule has 1 aromatic heterocycles. The largest absolute Gasteiger partial charge is 0.478 e. The lowest BCUT2D eigenvalue weighted by atomic mass is 9.89. The molecule has 0 saturated carbocycles. The van der Waals surface area contributed by atoms with Gasteiger partial charge < -0.3 is 14.8 Å². The Balaban J connectivity index is 1.74. The van der Waals surface area contributed by atoms with Crippen molar-refractivity contribution in [2.75, 3.05) is 0 Å². The van der Waals surface area contributed by atoms with Gasteiger partial charge in [0, 0.05) is 51.7 Å². The molecule has 0 unspecified atom stereocenters. The van der Waals surface area contributed by atoms with Crippen molar-refractivity contribution in [1.29, 1.82) is 0 Å². The molecule has 0 spiro atoms. The van der Waals surface area contributed by atoms with Gasteiger partial charge in [-0.25, -0.2) is 4.79 Å². The Morgan fingerprint density at radius 3 is 2.43 bits per heavy atom. The Kier molecular flexibility index (Phi) is 5.24. The van der Waals surface area contributed by atoms with Gasteiger partial charge in [0.2, 0.25) is 0 Å². The number of aromatic amines is 1. The molecule has 3 aromatic carbocycles. The lowest BCUT2D eigenvalue weighted by molar-refractivity contribution is -0.137. The zero-order chi connectivity index (χ0) is 24.7. The van der Waals surface area contributed by atoms with Crippen molar-refractivity contribution < 1.29 is 32.6 Å². The highest BCUT2D eigenvalue weighted by atomic mass is 19.4. The number of benzene rings is 3. The number of aliphatic imine (C=N–C) groups is 1. The number of rotatable bonds is 5. The van der Waals surface area contributed by atoms with Crippen LogP contribution in [-0.4, -0.2) is 28.7 Å². The van der Waals surface area contributed by atoms with Crippen molar-refractivity contribution in [3.05, 3.63) is 94.7 Å². The van der Waals surface area contributed by atoms with Crippen LogP contribution in [0, 0.1) is 0 Å². The van der Waals surface area contributed by atoms with Crippen LogP contribution in [0.25, 0.3) is 22.0 Å². The van der Waals surface area contributed by atoms with E-state index in [0.29, 0.717) is 56.6 Å². The molecular weight excluding hydrogens is 461 g/mol. The average molecular weight is 476 g/mol. The number of aromatic carboxylic acids is 1. The molecule has 0 aliphatic carbocycles. The van der Waals surface area contributed by atoms with E-state index in [0.717, 1.165) is 12.1 Å². The first-order chi connectivity index (χ1) is 16.8. The molecule has 174 valence electrons. The fourth-order valence-electron chi connectivity index (χ4n) is 4.13. The number of alkyl halides is 3. The van der Waals surface area contributed by atoms with Gasteiger partial charge in [0.15, 0.2) is 0 Å². The zero-order valence-corrected chi connectivity index (χ0v) is 17.8. The first-order valence-electron chi connectivity index (χ1n) is 10.3. The van der Waals surface area contributed by atoms with Gasteiger partial charge in [-0.05, 0) is 42.0 Å². The summed E-state index contributed by atoms with van der Waals surface area (Å²) in [7, 11) is 0. The maximum absolute atomic E-state index is 13.2. The van der Waals surface area contributed by atoms with E-state index in [2.05, 4.69) is 9.98 Å². The van der Waals surface area contributed by atoms with Crippen molar-refractivity contribution >= 4 is 46.4 Å². The summed E-state index contributed by atoms with van der Waals surface area (Å²) in [5.41, 5.74) is 3.58. The number of allylic oxidation sites excluding steroid dienone is 1. The maximum Gasteiger partial charge on any atom is 0.416 e. The van der Waals surface area contributed by atoms with Gasteiger partial charge in [-0.2, -0.15) is 13.2 Å². The van der Waals surface area contributed by atoms with Gasteiger partial charge in [0.25, 0.3) is 6.47 Å². The fraction of sp³-hybridized carbons (Fsp3) is 0.0385. The maximum atomic E-state index is 13.2. The molecule has 9 heteroatoms. The van der Waals surface area contributed by atoms with Crippen LogP contribution < -0.4 is 4.74 Å². The number of H-pyrrole nitrogens is 1. The van der Waals surface area contributed by atoms with Crippen LogP contribution in [0.1, 0.15) is 32.6 Å². The monoisotopic (exact) mass is 476 g/mol. The third kappa shape index (κ3) is 3.97. The van der Waals surface area contributed by atoms with Crippen LogP contribution in [0.15, 0.2) is 71.9 Å². The minimum Gasteiger partial charge on any atom is -0.478 e. The summed E-state index contributed by atoms with van der Waals surface area (Å²) in [6.07, 6.45) is -1.19. The Labute approximate surface area is 196 Å². The van der Waals surface area contributed by atoms with Crippen LogP contribution in [0.5, 0.6) is 5.75 Å². The molecule has 0 atom stereocenters. The number of carboxylic acid groups (broad SMARTS) is 1. The molecule has 1 aliphatic heterocycles. The summed E-state index contributed by atoms with van der Waals surface area (Å²) in [6, 6.07) is 14.3. The second kappa shape index (κ2) is 8.28. The topological polar surface area (TPSA) is 91.8 Å². The number of aromatic nitrogens is 1. The SMILES string of the molecule is O=COc1ccc2c(c1)N=C/C2=C(/c1ccc(C(F)(F)F)cc1)c1c[nH]c2cc(C(=O)O)ccc12. The number of nitrogens with one attached hydrogen (secondary N) is 1. The minimum atomic E-state index is -4.48. The third-order valence-corrected chi connectivity index (χ3v) is 5.74. The summed E-state index contributed by atoms with van der Waals surface area (Å²) in [5.74, 6) is -0.768. The molecule has 0 amide bonds. The van der Waals surface area contributed by atoms with E-state index in [9.17, 15) is 27.9 Å². The standard InChI is InChI=1S/C26H15F3N2O4/c27-26(28,29)16-4-1-14(2-5-16)24(20-11-30-22-9-15(25(33)34)3-7-18(20)22)21-12-31-23-10-17(35-13-32)6-8-19(21)23/h1-13,30H,(H,33,34)/b24-21+. The molecule has 0 fully saturated rings. The van der Waals surface area contributed by atoms with E-state index in [1.54, 1.807) is 36.7 Å². The van der Waals surface area contributed by atoms with Crippen molar-refractivity contribution in [2.45, 2.75) is 6.18 Å². The predicted octanol–water partition coefficient (Wildman–Crippen LogP) is 6.10. The molecule has 1 aliphatic rings. The van der Waals surface area contributed by atoms with Crippen molar-refractivity contribution in [3.63, 3.8) is 0 Å². The van der Waals surface area contributed by atoms with E-state index in [1.807, 2.05) is 0 Å². The van der Waals surface area contributed by atoms with Gasteiger partial charge in [0.05, 0.1) is 16.8 Å². The van der Waals surface area contributed by atoms with Crippen LogP contribution in [0.2, 0.25) is 0 Å². The summed E-state index contributed by atoms with van der Waals surface area (Å²) in [5, 5.41) is 10.0. The van der Waals surface area contributed by atoms with E-state index in [1.165, 1.54) is 24.3 Å². The molecule has 2 N–H and O–H groups in total. The quantitative estimate of drug-likeness (QED) is 0.341. The van der Waals surface area contributed by atoms with Gasteiger partial charge in [-0.3, -0.25) is 9.79 Å². The highest BCUT2D eigenvalue weighted by molar-refractivity contribution is 6.28. The fourth-order valence-corrected chi connectivity index (χ4v) is 4.13. The Bertz CT molecular complexity index is 1550. The number of carbonyl (C=O) groups is 2. The number of halogens is 3. The normalized spacial score (nSPS) is 14.1. The number of carbonyl (C=O) groups excluding carboxylic acids is 1. The minimum absolute atomic E-state index is 0.102. The number of carboxylic acids is 1. The molecular formula is C26H15F3N2O4. The zero-order valence-electron chi connectivity index (χ0n) is 17.8. The lowest BCUT2D eigenvalue weighted by Gasteiger charge is -2.14. The second-order valence-electron chi connectivity index (χ2n) is 7.78. The molecule has 5 rings (SSSR count). The first kappa shape index (κ1) is 22.1. The predicted molar refractivity (Wildman–Crippen MR) is 124 cm³/mol.